The minimum Gasteiger partial charge on any atom is -0.307 e. The number of thiophene rings is 1. The highest BCUT2D eigenvalue weighted by Gasteiger charge is 2.24. The molecule has 0 spiro atoms. The highest BCUT2D eigenvalue weighted by molar-refractivity contribution is 7.27. The van der Waals surface area contributed by atoms with Gasteiger partial charge in [0.15, 0.2) is 0 Å². The molecule has 0 aliphatic heterocycles. The molecule has 0 saturated carbocycles. The summed E-state index contributed by atoms with van der Waals surface area (Å²) in [7, 11) is 0. The molecule has 164 valence electrons. The lowest BCUT2D eigenvalue weighted by atomic mass is 9.98. The molecule has 8 rings (SSSR count). The Kier molecular flexibility index (Phi) is 3.78. The Labute approximate surface area is 204 Å². The van der Waals surface area contributed by atoms with E-state index in [-0.39, 0.29) is 5.82 Å². The van der Waals surface area contributed by atoms with Crippen LogP contribution in [0.25, 0.3) is 69.2 Å². The first kappa shape index (κ1) is 19.1. The summed E-state index contributed by atoms with van der Waals surface area (Å²) in [6.07, 6.45) is 0. The van der Waals surface area contributed by atoms with Crippen molar-refractivity contribution in [2.24, 2.45) is 0 Å². The zero-order chi connectivity index (χ0) is 23.1. The topological polar surface area (TPSA) is 4.93 Å². The molecule has 6 aromatic carbocycles. The van der Waals surface area contributed by atoms with Crippen LogP contribution >= 0.6 is 11.3 Å². The summed E-state index contributed by atoms with van der Waals surface area (Å²) in [5, 5.41) is 8.41. The first-order valence-electron chi connectivity index (χ1n) is 11.7. The summed E-state index contributed by atoms with van der Waals surface area (Å²) in [5.41, 5.74) is 3.05. The molecule has 0 atom stereocenters. The van der Waals surface area contributed by atoms with E-state index in [0.717, 1.165) is 38.3 Å². The third-order valence-electron chi connectivity index (χ3n) is 7.20. The van der Waals surface area contributed by atoms with Gasteiger partial charge in [-0.05, 0) is 40.4 Å². The summed E-state index contributed by atoms with van der Waals surface area (Å²) >= 11 is 1.80. The van der Waals surface area contributed by atoms with Crippen molar-refractivity contribution in [3.63, 3.8) is 0 Å². The molecule has 2 heterocycles. The zero-order valence-electron chi connectivity index (χ0n) is 18.6. The van der Waals surface area contributed by atoms with Crippen molar-refractivity contribution >= 4 is 74.9 Å². The standard InChI is InChI=1S/C32H18FNS/c33-25-18-19-10-4-5-13-21(19)30-29(25)28-23-15-7-6-14-22(23)27-24-16-8-9-17-26(24)35-32(27)31(28)34(30)20-11-2-1-3-12-20/h1-18H. The second kappa shape index (κ2) is 6.91. The van der Waals surface area contributed by atoms with Crippen LogP contribution in [0.4, 0.5) is 4.39 Å². The van der Waals surface area contributed by atoms with Gasteiger partial charge in [0.05, 0.1) is 15.7 Å². The number of benzene rings is 6. The van der Waals surface area contributed by atoms with Gasteiger partial charge < -0.3 is 4.57 Å². The SMILES string of the molecule is Fc1cc2ccccc2c2c1c1c3ccccc3c3c4ccccc4sc3c1n2-c1ccccc1. The van der Waals surface area contributed by atoms with Crippen LogP contribution in [-0.4, -0.2) is 4.57 Å². The summed E-state index contributed by atoms with van der Waals surface area (Å²) in [6, 6.07) is 37.3. The monoisotopic (exact) mass is 467 g/mol. The van der Waals surface area contributed by atoms with E-state index >= 15 is 4.39 Å². The van der Waals surface area contributed by atoms with Crippen molar-refractivity contribution in [2.75, 3.05) is 0 Å². The number of halogens is 1. The number of fused-ring (bicyclic) bond motifs is 12. The quantitative estimate of drug-likeness (QED) is 0.226. The molecule has 3 heteroatoms. The minimum absolute atomic E-state index is 0.177. The second-order valence-electron chi connectivity index (χ2n) is 9.05. The number of para-hydroxylation sites is 1. The van der Waals surface area contributed by atoms with Gasteiger partial charge in [0.1, 0.15) is 5.82 Å². The van der Waals surface area contributed by atoms with E-state index in [1.165, 1.54) is 25.6 Å². The van der Waals surface area contributed by atoms with Gasteiger partial charge in [-0.3, -0.25) is 0 Å². The average Bonchev–Trinajstić information content (AvgIpc) is 3.47. The Morgan fingerprint density at radius 1 is 0.543 bits per heavy atom. The van der Waals surface area contributed by atoms with Gasteiger partial charge in [-0.15, -0.1) is 11.3 Å². The van der Waals surface area contributed by atoms with Gasteiger partial charge in [-0.25, -0.2) is 4.39 Å². The Morgan fingerprint density at radius 2 is 1.17 bits per heavy atom. The summed E-state index contributed by atoms with van der Waals surface area (Å²) in [4.78, 5) is 0. The Morgan fingerprint density at radius 3 is 1.97 bits per heavy atom. The molecule has 0 amide bonds. The van der Waals surface area contributed by atoms with Crippen LogP contribution in [0.15, 0.2) is 109 Å². The van der Waals surface area contributed by atoms with E-state index in [9.17, 15) is 0 Å². The zero-order valence-corrected chi connectivity index (χ0v) is 19.4. The molecule has 2 aromatic heterocycles. The van der Waals surface area contributed by atoms with Crippen LogP contribution in [0.1, 0.15) is 0 Å². The van der Waals surface area contributed by atoms with E-state index in [1.807, 2.05) is 24.3 Å². The van der Waals surface area contributed by atoms with Crippen molar-refractivity contribution < 1.29 is 4.39 Å². The van der Waals surface area contributed by atoms with Crippen LogP contribution in [-0.2, 0) is 0 Å². The fraction of sp³-hybridized carbons (Fsp3) is 0. The van der Waals surface area contributed by atoms with Crippen LogP contribution in [0, 0.1) is 5.82 Å². The van der Waals surface area contributed by atoms with E-state index in [0.29, 0.717) is 5.39 Å². The molecular weight excluding hydrogens is 449 g/mol. The molecule has 0 fully saturated rings. The maximum Gasteiger partial charge on any atom is 0.133 e. The summed E-state index contributed by atoms with van der Waals surface area (Å²) in [5.74, 6) is -0.177. The van der Waals surface area contributed by atoms with Crippen molar-refractivity contribution in [1.29, 1.82) is 0 Å². The van der Waals surface area contributed by atoms with Gasteiger partial charge in [0.25, 0.3) is 0 Å². The van der Waals surface area contributed by atoms with Crippen molar-refractivity contribution in [2.45, 2.75) is 0 Å². The summed E-state index contributed by atoms with van der Waals surface area (Å²) in [6.45, 7) is 0. The Hall–Kier alpha value is -4.21. The number of rotatable bonds is 1. The lowest BCUT2D eigenvalue weighted by molar-refractivity contribution is 0.642. The Balaban J connectivity index is 1.81. The molecule has 0 unspecified atom stereocenters. The predicted octanol–water partition coefficient (Wildman–Crippen LogP) is 9.60. The lowest BCUT2D eigenvalue weighted by Crippen LogP contribution is -1.94. The molecule has 0 aliphatic carbocycles. The third-order valence-corrected chi connectivity index (χ3v) is 8.38. The highest BCUT2D eigenvalue weighted by atomic mass is 32.1. The maximum atomic E-state index is 16.1. The van der Waals surface area contributed by atoms with E-state index in [1.54, 1.807) is 17.4 Å². The van der Waals surface area contributed by atoms with E-state index in [4.69, 9.17) is 0 Å². The highest BCUT2D eigenvalue weighted by Crippen LogP contribution is 2.49. The van der Waals surface area contributed by atoms with Gasteiger partial charge in [-0.2, -0.15) is 0 Å². The molecule has 1 nitrogen and oxygen atoms in total. The second-order valence-corrected chi connectivity index (χ2v) is 10.1. The fourth-order valence-electron chi connectivity index (χ4n) is 5.82. The van der Waals surface area contributed by atoms with Crippen LogP contribution in [0.2, 0.25) is 0 Å². The fourth-order valence-corrected chi connectivity index (χ4v) is 7.08. The first-order chi connectivity index (χ1) is 17.3. The summed E-state index contributed by atoms with van der Waals surface area (Å²) < 4.78 is 20.8. The minimum atomic E-state index is -0.177. The van der Waals surface area contributed by atoms with Crippen molar-refractivity contribution in [1.82, 2.24) is 4.57 Å². The van der Waals surface area contributed by atoms with Gasteiger partial charge >= 0.3 is 0 Å². The van der Waals surface area contributed by atoms with Gasteiger partial charge in [0.2, 0.25) is 0 Å². The molecule has 8 aromatic rings. The molecule has 0 radical (unpaired) electrons. The Bertz CT molecular complexity index is 2120. The maximum absolute atomic E-state index is 16.1. The van der Waals surface area contributed by atoms with Crippen LogP contribution in [0.3, 0.4) is 0 Å². The van der Waals surface area contributed by atoms with Gasteiger partial charge in [0, 0.05) is 37.3 Å². The third kappa shape index (κ3) is 2.46. The molecule has 0 saturated heterocycles. The molecule has 0 N–H and O–H groups in total. The molecule has 0 bridgehead atoms. The van der Waals surface area contributed by atoms with Crippen molar-refractivity contribution in [3.05, 3.63) is 115 Å². The van der Waals surface area contributed by atoms with Crippen LogP contribution < -0.4 is 0 Å². The first-order valence-corrected chi connectivity index (χ1v) is 12.6. The smallest absolute Gasteiger partial charge is 0.133 e. The van der Waals surface area contributed by atoms with Gasteiger partial charge in [-0.1, -0.05) is 84.9 Å². The average molecular weight is 468 g/mol. The lowest BCUT2D eigenvalue weighted by Gasteiger charge is -2.11. The largest absolute Gasteiger partial charge is 0.307 e. The number of nitrogens with zero attached hydrogens (tertiary/aromatic N) is 1. The predicted molar refractivity (Wildman–Crippen MR) is 149 cm³/mol. The molecule has 35 heavy (non-hydrogen) atoms. The van der Waals surface area contributed by atoms with E-state index in [2.05, 4.69) is 83.4 Å². The van der Waals surface area contributed by atoms with E-state index < -0.39 is 0 Å². The molecular formula is C32H18FNS. The number of hydrogen-bond donors (Lipinski definition) is 0. The van der Waals surface area contributed by atoms with Crippen molar-refractivity contribution in [3.8, 4) is 5.69 Å². The van der Waals surface area contributed by atoms with Crippen LogP contribution in [0.5, 0.6) is 0 Å². The number of aromatic nitrogens is 1. The molecule has 0 aliphatic rings. The number of hydrogen-bond acceptors (Lipinski definition) is 1. The normalized spacial score (nSPS) is 12.1.